The summed E-state index contributed by atoms with van der Waals surface area (Å²) in [6.07, 6.45) is 2.89. The number of benzene rings is 2. The number of nitrogens with two attached hydrogens (primary N) is 1. The van der Waals surface area contributed by atoms with Gasteiger partial charge in [0.25, 0.3) is 5.56 Å². The number of hydrogen-bond donors (Lipinski definition) is 3. The molecular formula is C25H29N5O2. The lowest BCUT2D eigenvalue weighted by Gasteiger charge is -2.21. The van der Waals surface area contributed by atoms with Crippen LogP contribution in [0.4, 0.5) is 0 Å². The Kier molecular flexibility index (Phi) is 6.56. The van der Waals surface area contributed by atoms with E-state index in [4.69, 9.17) is 0 Å². The Labute approximate surface area is 187 Å². The maximum absolute atomic E-state index is 13.3. The molecule has 2 aromatic heterocycles. The molecule has 0 spiro atoms. The normalized spacial score (nSPS) is 14.1. The fourth-order valence-electron chi connectivity index (χ4n) is 4.24. The van der Waals surface area contributed by atoms with Gasteiger partial charge in [-0.25, -0.2) is 4.68 Å². The van der Waals surface area contributed by atoms with Gasteiger partial charge in [0.1, 0.15) is 0 Å². The third-order valence-electron chi connectivity index (χ3n) is 5.85. The van der Waals surface area contributed by atoms with Gasteiger partial charge < -0.3 is 15.5 Å². The first-order valence-electron chi connectivity index (χ1n) is 11.0. The molecule has 0 radical (unpaired) electrons. The van der Waals surface area contributed by atoms with Crippen molar-refractivity contribution in [3.63, 3.8) is 0 Å². The quantitative estimate of drug-likeness (QED) is 0.461. The number of aryl methyl sites for hydroxylation is 2. The van der Waals surface area contributed by atoms with Crippen molar-refractivity contribution in [2.24, 2.45) is 0 Å². The van der Waals surface area contributed by atoms with Crippen molar-refractivity contribution in [3.05, 3.63) is 99.1 Å². The van der Waals surface area contributed by atoms with Crippen molar-refractivity contribution < 1.29 is 10.4 Å². The van der Waals surface area contributed by atoms with Gasteiger partial charge in [0.05, 0.1) is 30.0 Å². The Morgan fingerprint density at radius 1 is 0.938 bits per heavy atom. The Hall–Kier alpha value is -3.58. The van der Waals surface area contributed by atoms with Crippen molar-refractivity contribution in [1.82, 2.24) is 20.0 Å². The van der Waals surface area contributed by atoms with Crippen LogP contribution in [0.3, 0.4) is 0 Å². The molecule has 3 heterocycles. The lowest BCUT2D eigenvalue weighted by atomic mass is 9.85. The minimum atomic E-state index is -0.494. The van der Waals surface area contributed by atoms with E-state index in [-0.39, 0.29) is 11.4 Å². The molecule has 0 aliphatic carbocycles. The second-order valence-electron chi connectivity index (χ2n) is 8.09. The largest absolute Gasteiger partial charge is 0.858 e. The molecule has 7 nitrogen and oxygen atoms in total. The Morgan fingerprint density at radius 2 is 1.56 bits per heavy atom. The van der Waals surface area contributed by atoms with Gasteiger partial charge in [0.2, 0.25) is 0 Å². The number of nitrogens with zero attached hydrogens (tertiary/aromatic N) is 2. The van der Waals surface area contributed by atoms with Crippen LogP contribution in [0.25, 0.3) is 5.69 Å². The molecule has 1 aliphatic heterocycles. The summed E-state index contributed by atoms with van der Waals surface area (Å²) in [5.74, 6) is -0.710. The molecule has 1 saturated heterocycles. The van der Waals surface area contributed by atoms with Crippen LogP contribution in [0.1, 0.15) is 46.8 Å². The summed E-state index contributed by atoms with van der Waals surface area (Å²) in [7, 11) is 0. The smallest absolute Gasteiger partial charge is 0.268 e. The molecule has 0 bridgehead atoms. The lowest BCUT2D eigenvalue weighted by molar-refractivity contribution is -0.635. The molecular weight excluding hydrogens is 402 g/mol. The van der Waals surface area contributed by atoms with Crippen LogP contribution in [-0.2, 0) is 0 Å². The highest BCUT2D eigenvalue weighted by Crippen LogP contribution is 2.38. The van der Waals surface area contributed by atoms with E-state index in [1.165, 1.54) is 30.6 Å². The number of rotatable bonds is 4. The minimum Gasteiger partial charge on any atom is -0.858 e. The highest BCUT2D eigenvalue weighted by molar-refractivity contribution is 5.51. The van der Waals surface area contributed by atoms with E-state index in [1.54, 1.807) is 0 Å². The van der Waals surface area contributed by atoms with Gasteiger partial charge in [-0.2, -0.15) is 5.10 Å². The molecule has 0 saturated carbocycles. The predicted octanol–water partition coefficient (Wildman–Crippen LogP) is 2.10. The van der Waals surface area contributed by atoms with E-state index >= 15 is 0 Å². The third kappa shape index (κ3) is 4.38. The van der Waals surface area contributed by atoms with Crippen molar-refractivity contribution in [2.75, 3.05) is 13.1 Å². The van der Waals surface area contributed by atoms with E-state index in [0.29, 0.717) is 28.2 Å². The third-order valence-corrected chi connectivity index (χ3v) is 5.85. The minimum absolute atomic E-state index is 0.215. The zero-order valence-corrected chi connectivity index (χ0v) is 18.5. The Bertz CT molecular complexity index is 1200. The summed E-state index contributed by atoms with van der Waals surface area (Å²) in [6, 6.07) is 18.9. The van der Waals surface area contributed by atoms with Crippen LogP contribution in [0.15, 0.2) is 65.5 Å². The fourth-order valence-corrected chi connectivity index (χ4v) is 4.24. The summed E-state index contributed by atoms with van der Waals surface area (Å²) < 4.78 is 1.40. The molecule has 5 rings (SSSR count). The van der Waals surface area contributed by atoms with Crippen molar-refractivity contribution in [3.8, 4) is 11.6 Å². The lowest BCUT2D eigenvalue weighted by Crippen LogP contribution is -2.80. The molecule has 4 aromatic rings. The summed E-state index contributed by atoms with van der Waals surface area (Å²) in [5.41, 5.74) is 3.71. The van der Waals surface area contributed by atoms with Gasteiger partial charge in [0.15, 0.2) is 0 Å². The fraction of sp³-hybridized carbons (Fsp3) is 0.280. The summed E-state index contributed by atoms with van der Waals surface area (Å²) in [6.45, 7) is 6.38. The molecule has 7 heteroatoms. The van der Waals surface area contributed by atoms with Gasteiger partial charge in [0, 0.05) is 24.5 Å². The van der Waals surface area contributed by atoms with E-state index in [2.05, 4.69) is 20.6 Å². The van der Waals surface area contributed by atoms with Crippen molar-refractivity contribution >= 4 is 0 Å². The highest BCUT2D eigenvalue weighted by Gasteiger charge is 2.27. The van der Waals surface area contributed by atoms with Crippen LogP contribution in [0.5, 0.6) is 5.88 Å². The van der Waals surface area contributed by atoms with Gasteiger partial charge in [-0.1, -0.05) is 48.5 Å². The van der Waals surface area contributed by atoms with E-state index < -0.39 is 5.92 Å². The number of nitrogens with one attached hydrogen (secondary N) is 2. The van der Waals surface area contributed by atoms with Crippen LogP contribution in [0.2, 0.25) is 0 Å². The summed E-state index contributed by atoms with van der Waals surface area (Å²) >= 11 is 0. The first kappa shape index (κ1) is 21.6. The molecule has 0 amide bonds. The number of aromatic nitrogens is 4. The maximum atomic E-state index is 13.3. The van der Waals surface area contributed by atoms with E-state index in [1.807, 2.05) is 74.5 Å². The molecule has 1 unspecified atom stereocenters. The molecule has 32 heavy (non-hydrogen) atoms. The van der Waals surface area contributed by atoms with Crippen LogP contribution >= 0.6 is 0 Å². The van der Waals surface area contributed by atoms with Gasteiger partial charge in [-0.15, -0.1) is 0 Å². The van der Waals surface area contributed by atoms with E-state index in [0.717, 1.165) is 5.56 Å². The number of para-hydroxylation sites is 1. The number of aromatic amines is 2. The van der Waals surface area contributed by atoms with Crippen molar-refractivity contribution in [1.29, 1.82) is 0 Å². The standard InChI is InChI=1S/C21H20N4O2.C4H9N/c1-13-17(20(26)23-22-13)19(15-9-5-3-6-10-15)18-14(2)24-25(21(18)27)16-11-7-4-8-12-16;1-2-4-5-3-1/h3-12,19,27H,1-2H3,(H2,22,23,26);5H,1-4H2. The number of hydrogen-bond acceptors (Lipinski definition) is 3. The maximum Gasteiger partial charge on any atom is 0.268 e. The molecule has 2 aromatic carbocycles. The summed E-state index contributed by atoms with van der Waals surface area (Å²) in [4.78, 5) is 12.5. The average molecular weight is 432 g/mol. The first-order valence-corrected chi connectivity index (χ1v) is 11.0. The molecule has 1 fully saturated rings. The van der Waals surface area contributed by atoms with Crippen LogP contribution < -0.4 is 16.0 Å². The first-order chi connectivity index (χ1) is 15.6. The van der Waals surface area contributed by atoms with Gasteiger partial charge >= 0.3 is 0 Å². The topological polar surface area (TPSA) is 106 Å². The van der Waals surface area contributed by atoms with Crippen LogP contribution in [-0.4, -0.2) is 33.1 Å². The second-order valence-corrected chi connectivity index (χ2v) is 8.09. The second kappa shape index (κ2) is 9.70. The molecule has 166 valence electrons. The van der Waals surface area contributed by atoms with E-state index in [9.17, 15) is 9.90 Å². The van der Waals surface area contributed by atoms with Crippen LogP contribution in [0, 0.1) is 13.8 Å². The summed E-state index contributed by atoms with van der Waals surface area (Å²) in [5, 5.41) is 25.6. The highest BCUT2D eigenvalue weighted by atomic mass is 16.3. The predicted molar refractivity (Wildman–Crippen MR) is 122 cm³/mol. The SMILES string of the molecule is C1CC[NH2+]C1.Cc1nn(-c2ccccc2)c([O-])c1C(c1ccccc1)c1c(C)[nH][nH]c1=O. The average Bonchev–Trinajstić information content (AvgIpc) is 3.56. The Balaban J connectivity index is 0.000000433. The molecule has 4 N–H and O–H groups in total. The number of H-pyrrole nitrogens is 2. The molecule has 1 atom stereocenters. The van der Waals surface area contributed by atoms with Gasteiger partial charge in [-0.3, -0.25) is 9.89 Å². The van der Waals surface area contributed by atoms with Gasteiger partial charge in [-0.05, 0) is 43.0 Å². The zero-order chi connectivity index (χ0) is 22.5. The monoisotopic (exact) mass is 431 g/mol. The molecule has 1 aliphatic rings. The Morgan fingerprint density at radius 3 is 2.09 bits per heavy atom. The number of quaternary nitrogens is 1. The van der Waals surface area contributed by atoms with Crippen molar-refractivity contribution in [2.45, 2.75) is 32.6 Å². The zero-order valence-electron chi connectivity index (χ0n) is 18.5.